The Morgan fingerprint density at radius 2 is 2.43 bits per heavy atom. The third kappa shape index (κ3) is 2.28. The largest absolute Gasteiger partial charge is 0.480 e. The predicted molar refractivity (Wildman–Crippen MR) is 48.1 cm³/mol. The molecule has 1 unspecified atom stereocenters. The lowest BCUT2D eigenvalue weighted by molar-refractivity contribution is -0.138. The quantitative estimate of drug-likeness (QED) is 0.712. The maximum Gasteiger partial charge on any atom is 0.326 e. The molecule has 1 atom stereocenters. The monoisotopic (exact) mass is 191 g/mol. The van der Waals surface area contributed by atoms with Gasteiger partial charge in [0.25, 0.3) is 0 Å². The number of aliphatic carboxylic acids is 1. The Balaban J connectivity index is 2.84. The summed E-state index contributed by atoms with van der Waals surface area (Å²) in [4.78, 5) is 14.4. The molecule has 1 aromatic rings. The van der Waals surface area contributed by atoms with Crippen LogP contribution >= 0.6 is 0 Å². The standard InChI is InChI=1S/C9H9N3O2/c10-4-3-6-1-2-7(12-5-6)8(11)9(13)14/h1-2,5,8H,3,11H2,(H,13,14). The molecule has 14 heavy (non-hydrogen) atoms. The van der Waals surface area contributed by atoms with Gasteiger partial charge < -0.3 is 10.8 Å². The van der Waals surface area contributed by atoms with E-state index in [2.05, 4.69) is 4.98 Å². The molecule has 1 heterocycles. The first-order chi connectivity index (χ1) is 6.65. The molecular formula is C9H9N3O2. The summed E-state index contributed by atoms with van der Waals surface area (Å²) in [6.45, 7) is 0. The molecule has 0 amide bonds. The van der Waals surface area contributed by atoms with E-state index in [1.54, 1.807) is 6.07 Å². The van der Waals surface area contributed by atoms with Crippen molar-refractivity contribution in [2.45, 2.75) is 12.5 Å². The smallest absolute Gasteiger partial charge is 0.326 e. The molecule has 1 aromatic heterocycles. The molecule has 5 heteroatoms. The van der Waals surface area contributed by atoms with Crippen LogP contribution in [0.1, 0.15) is 17.3 Å². The molecule has 0 saturated carbocycles. The number of nitriles is 1. The van der Waals surface area contributed by atoms with Crippen molar-refractivity contribution in [3.8, 4) is 6.07 Å². The number of nitrogens with two attached hydrogens (primary N) is 1. The van der Waals surface area contributed by atoms with E-state index in [9.17, 15) is 4.79 Å². The summed E-state index contributed by atoms with van der Waals surface area (Å²) in [6, 6.07) is 4.03. The number of pyridine rings is 1. The van der Waals surface area contributed by atoms with Crippen molar-refractivity contribution in [3.05, 3.63) is 29.6 Å². The lowest BCUT2D eigenvalue weighted by Gasteiger charge is -2.05. The molecule has 5 nitrogen and oxygen atoms in total. The highest BCUT2D eigenvalue weighted by atomic mass is 16.4. The molecule has 0 aliphatic carbocycles. The summed E-state index contributed by atoms with van der Waals surface area (Å²) >= 11 is 0. The third-order valence-corrected chi connectivity index (χ3v) is 1.72. The summed E-state index contributed by atoms with van der Waals surface area (Å²) in [5, 5.41) is 17.0. The molecule has 72 valence electrons. The minimum atomic E-state index is -1.12. The molecule has 0 saturated heterocycles. The fourth-order valence-corrected chi connectivity index (χ4v) is 0.942. The molecule has 0 aliphatic heterocycles. The van der Waals surface area contributed by atoms with Crippen molar-refractivity contribution in [1.29, 1.82) is 5.26 Å². The Bertz CT molecular complexity index is 367. The van der Waals surface area contributed by atoms with Crippen LogP contribution in [-0.2, 0) is 11.2 Å². The number of hydrogen-bond donors (Lipinski definition) is 2. The molecule has 3 N–H and O–H groups in total. The average Bonchev–Trinajstić information content (AvgIpc) is 2.18. The first-order valence-electron chi connectivity index (χ1n) is 3.95. The van der Waals surface area contributed by atoms with Crippen LogP contribution in [0.4, 0.5) is 0 Å². The highest BCUT2D eigenvalue weighted by Crippen LogP contribution is 2.08. The topological polar surface area (TPSA) is 100 Å². The number of hydrogen-bond acceptors (Lipinski definition) is 4. The Hall–Kier alpha value is -1.93. The molecule has 0 fully saturated rings. The van der Waals surface area contributed by atoms with Crippen LogP contribution in [0.5, 0.6) is 0 Å². The normalized spacial score (nSPS) is 11.7. The molecule has 0 bridgehead atoms. The van der Waals surface area contributed by atoms with Crippen molar-refractivity contribution in [3.63, 3.8) is 0 Å². The van der Waals surface area contributed by atoms with Gasteiger partial charge >= 0.3 is 5.97 Å². The van der Waals surface area contributed by atoms with E-state index in [1.165, 1.54) is 12.3 Å². The van der Waals surface area contributed by atoms with Gasteiger partial charge in [0, 0.05) is 6.20 Å². The van der Waals surface area contributed by atoms with Crippen molar-refractivity contribution in [2.24, 2.45) is 5.73 Å². The van der Waals surface area contributed by atoms with Gasteiger partial charge in [-0.05, 0) is 11.6 Å². The van der Waals surface area contributed by atoms with E-state index >= 15 is 0 Å². The molecule has 1 rings (SSSR count). The maximum absolute atomic E-state index is 10.5. The minimum absolute atomic E-state index is 0.260. The second-order valence-electron chi connectivity index (χ2n) is 2.74. The lowest BCUT2D eigenvalue weighted by Crippen LogP contribution is -2.21. The van der Waals surface area contributed by atoms with E-state index in [0.29, 0.717) is 5.69 Å². The van der Waals surface area contributed by atoms with Crippen molar-refractivity contribution < 1.29 is 9.90 Å². The first-order valence-corrected chi connectivity index (χ1v) is 3.95. The van der Waals surface area contributed by atoms with E-state index < -0.39 is 12.0 Å². The van der Waals surface area contributed by atoms with Crippen LogP contribution in [0.25, 0.3) is 0 Å². The van der Waals surface area contributed by atoms with Gasteiger partial charge in [-0.3, -0.25) is 9.78 Å². The Labute approximate surface area is 80.8 Å². The number of aromatic nitrogens is 1. The zero-order valence-electron chi connectivity index (χ0n) is 7.34. The van der Waals surface area contributed by atoms with Crippen molar-refractivity contribution in [2.75, 3.05) is 0 Å². The zero-order valence-corrected chi connectivity index (χ0v) is 7.34. The van der Waals surface area contributed by atoms with Crippen LogP contribution in [0.15, 0.2) is 18.3 Å². The van der Waals surface area contributed by atoms with Gasteiger partial charge in [-0.25, -0.2) is 0 Å². The second-order valence-corrected chi connectivity index (χ2v) is 2.74. The summed E-state index contributed by atoms with van der Waals surface area (Å²) < 4.78 is 0. The molecule has 0 radical (unpaired) electrons. The number of carboxylic acid groups (broad SMARTS) is 1. The van der Waals surface area contributed by atoms with Gasteiger partial charge in [0.1, 0.15) is 6.04 Å². The van der Waals surface area contributed by atoms with Crippen molar-refractivity contribution in [1.82, 2.24) is 4.98 Å². The molecule has 0 aliphatic rings. The Morgan fingerprint density at radius 3 is 2.86 bits per heavy atom. The van der Waals surface area contributed by atoms with Gasteiger partial charge in [-0.1, -0.05) is 6.07 Å². The predicted octanol–water partition coefficient (Wildman–Crippen LogP) is 0.232. The van der Waals surface area contributed by atoms with Crippen LogP contribution in [0, 0.1) is 11.3 Å². The van der Waals surface area contributed by atoms with Crippen LogP contribution in [-0.4, -0.2) is 16.1 Å². The SMILES string of the molecule is N#CCc1ccc(C(N)C(=O)O)nc1. The van der Waals surface area contributed by atoms with E-state index in [0.717, 1.165) is 5.56 Å². The minimum Gasteiger partial charge on any atom is -0.480 e. The second kappa shape index (κ2) is 4.35. The van der Waals surface area contributed by atoms with E-state index in [1.807, 2.05) is 6.07 Å². The van der Waals surface area contributed by atoms with Crippen molar-refractivity contribution >= 4 is 5.97 Å². The number of carboxylic acids is 1. The van der Waals surface area contributed by atoms with Crippen LogP contribution in [0.2, 0.25) is 0 Å². The van der Waals surface area contributed by atoms with E-state index in [-0.39, 0.29) is 6.42 Å². The Morgan fingerprint density at radius 1 is 1.71 bits per heavy atom. The van der Waals surface area contributed by atoms with E-state index in [4.69, 9.17) is 16.1 Å². The lowest BCUT2D eigenvalue weighted by atomic mass is 10.1. The summed E-state index contributed by atoms with van der Waals surface area (Å²) in [5.41, 5.74) is 6.37. The van der Waals surface area contributed by atoms with Crippen LogP contribution in [0.3, 0.4) is 0 Å². The first kappa shape index (κ1) is 10.2. The number of nitrogens with zero attached hydrogens (tertiary/aromatic N) is 2. The molecular weight excluding hydrogens is 182 g/mol. The summed E-state index contributed by atoms with van der Waals surface area (Å²) in [5.74, 6) is -1.12. The number of carbonyl (C=O) groups is 1. The maximum atomic E-state index is 10.5. The zero-order chi connectivity index (χ0) is 10.6. The highest BCUT2D eigenvalue weighted by Gasteiger charge is 2.14. The molecule has 0 aromatic carbocycles. The van der Waals surface area contributed by atoms with Crippen LogP contribution < -0.4 is 5.73 Å². The fraction of sp³-hybridized carbons (Fsp3) is 0.222. The average molecular weight is 191 g/mol. The van der Waals surface area contributed by atoms with Gasteiger partial charge in [0.2, 0.25) is 0 Å². The summed E-state index contributed by atoms with van der Waals surface area (Å²) in [7, 11) is 0. The number of rotatable bonds is 3. The highest BCUT2D eigenvalue weighted by molar-refractivity contribution is 5.74. The van der Waals surface area contributed by atoms with Gasteiger partial charge in [-0.15, -0.1) is 0 Å². The fourth-order valence-electron chi connectivity index (χ4n) is 0.942. The third-order valence-electron chi connectivity index (χ3n) is 1.72. The molecule has 0 spiro atoms. The van der Waals surface area contributed by atoms with Gasteiger partial charge in [0.05, 0.1) is 18.2 Å². The Kier molecular flexibility index (Phi) is 3.15. The summed E-state index contributed by atoms with van der Waals surface area (Å²) in [6.07, 6.45) is 1.72. The van der Waals surface area contributed by atoms with Gasteiger partial charge in [0.15, 0.2) is 0 Å². The van der Waals surface area contributed by atoms with Gasteiger partial charge in [-0.2, -0.15) is 5.26 Å².